The van der Waals surface area contributed by atoms with E-state index in [1.807, 2.05) is 0 Å². The maximum atomic E-state index is 12.7. The van der Waals surface area contributed by atoms with E-state index in [0.29, 0.717) is 54.3 Å². The Morgan fingerprint density at radius 2 is 1.67 bits per heavy atom. The molecule has 168 valence electrons. The van der Waals surface area contributed by atoms with Crippen LogP contribution in [0.15, 0.2) is 12.1 Å². The molecular weight excluding hydrogens is 386 g/mol. The Kier molecular flexibility index (Phi) is 9.08. The second-order valence-electron chi connectivity index (χ2n) is 8.01. The molecule has 2 N–H and O–H groups in total. The molecule has 1 fully saturated rings. The first-order valence-corrected chi connectivity index (χ1v) is 10.5. The van der Waals surface area contributed by atoms with E-state index in [0.717, 1.165) is 25.8 Å². The van der Waals surface area contributed by atoms with Crippen LogP contribution in [-0.2, 0) is 4.79 Å². The van der Waals surface area contributed by atoms with Gasteiger partial charge in [-0.15, -0.1) is 0 Å². The Hall–Kier alpha value is -2.64. The zero-order valence-corrected chi connectivity index (χ0v) is 18.7. The van der Waals surface area contributed by atoms with Gasteiger partial charge in [-0.25, -0.2) is 4.79 Å². The molecule has 0 radical (unpaired) electrons. The molecule has 1 aliphatic heterocycles. The summed E-state index contributed by atoms with van der Waals surface area (Å²) in [5, 5.41) is 5.89. The van der Waals surface area contributed by atoms with Crippen molar-refractivity contribution in [2.75, 3.05) is 46.3 Å². The molecule has 1 aromatic rings. The van der Waals surface area contributed by atoms with E-state index < -0.39 is 0 Å². The summed E-state index contributed by atoms with van der Waals surface area (Å²) >= 11 is 0. The highest BCUT2D eigenvalue weighted by Crippen LogP contribution is 2.40. The molecule has 8 nitrogen and oxygen atoms in total. The first-order chi connectivity index (χ1) is 14.4. The number of carbonyl (C=O) groups is 2. The molecular formula is C22H35N3O5. The van der Waals surface area contributed by atoms with Gasteiger partial charge in [0.25, 0.3) is 0 Å². The van der Waals surface area contributed by atoms with Gasteiger partial charge >= 0.3 is 6.03 Å². The van der Waals surface area contributed by atoms with E-state index in [4.69, 9.17) is 14.2 Å². The molecule has 8 heteroatoms. The topological polar surface area (TPSA) is 89.1 Å². The molecule has 0 atom stereocenters. The van der Waals surface area contributed by atoms with Crippen LogP contribution in [0.4, 0.5) is 10.5 Å². The molecule has 0 aliphatic carbocycles. The van der Waals surface area contributed by atoms with E-state index in [1.165, 1.54) is 21.3 Å². The summed E-state index contributed by atoms with van der Waals surface area (Å²) in [7, 11) is 4.60. The molecule has 2 rings (SSSR count). The lowest BCUT2D eigenvalue weighted by atomic mass is 9.93. The number of nitrogens with zero attached hydrogens (tertiary/aromatic N) is 1. The average Bonchev–Trinajstić information content (AvgIpc) is 2.73. The van der Waals surface area contributed by atoms with Gasteiger partial charge in [0.1, 0.15) is 0 Å². The van der Waals surface area contributed by atoms with Crippen LogP contribution in [0.3, 0.4) is 0 Å². The highest BCUT2D eigenvalue weighted by atomic mass is 16.5. The number of likely N-dealkylation sites (tertiary alicyclic amines) is 1. The van der Waals surface area contributed by atoms with E-state index in [-0.39, 0.29) is 11.9 Å². The fourth-order valence-corrected chi connectivity index (χ4v) is 3.53. The zero-order valence-electron chi connectivity index (χ0n) is 18.7. The second-order valence-corrected chi connectivity index (χ2v) is 8.01. The van der Waals surface area contributed by atoms with Gasteiger partial charge < -0.3 is 29.7 Å². The minimum atomic E-state index is -0.177. The van der Waals surface area contributed by atoms with Crippen molar-refractivity contribution >= 4 is 17.6 Å². The molecule has 0 saturated carbocycles. The fraction of sp³-hybridized carbons (Fsp3) is 0.636. The predicted octanol–water partition coefficient (Wildman–Crippen LogP) is 3.51. The minimum absolute atomic E-state index is 0.107. The molecule has 0 spiro atoms. The van der Waals surface area contributed by atoms with Crippen molar-refractivity contribution in [3.63, 3.8) is 0 Å². The molecule has 1 aromatic carbocycles. The summed E-state index contributed by atoms with van der Waals surface area (Å²) in [6.07, 6.45) is 3.16. The lowest BCUT2D eigenvalue weighted by molar-refractivity contribution is -0.122. The van der Waals surface area contributed by atoms with Gasteiger partial charge in [-0.3, -0.25) is 4.79 Å². The highest BCUT2D eigenvalue weighted by molar-refractivity contribution is 5.90. The maximum absolute atomic E-state index is 12.7. The number of methoxy groups -OCH3 is 3. The van der Waals surface area contributed by atoms with Gasteiger partial charge in [0.2, 0.25) is 11.7 Å². The summed E-state index contributed by atoms with van der Waals surface area (Å²) in [5.41, 5.74) is 0.571. The molecule has 3 amide bonds. The van der Waals surface area contributed by atoms with Crippen LogP contribution in [0.25, 0.3) is 0 Å². The van der Waals surface area contributed by atoms with Gasteiger partial charge in [-0.2, -0.15) is 0 Å². The number of ether oxygens (including phenoxy) is 3. The van der Waals surface area contributed by atoms with Crippen molar-refractivity contribution in [3.8, 4) is 17.2 Å². The predicted molar refractivity (Wildman–Crippen MR) is 116 cm³/mol. The summed E-state index contributed by atoms with van der Waals surface area (Å²) in [6, 6.07) is 3.23. The highest BCUT2D eigenvalue weighted by Gasteiger charge is 2.25. The van der Waals surface area contributed by atoms with Gasteiger partial charge in [-0.1, -0.05) is 13.8 Å². The Morgan fingerprint density at radius 1 is 1.07 bits per heavy atom. The number of anilines is 1. The number of rotatable bonds is 9. The first kappa shape index (κ1) is 23.6. The fourth-order valence-electron chi connectivity index (χ4n) is 3.53. The van der Waals surface area contributed by atoms with Crippen LogP contribution >= 0.6 is 0 Å². The Morgan fingerprint density at radius 3 is 2.17 bits per heavy atom. The maximum Gasteiger partial charge on any atom is 0.321 e. The van der Waals surface area contributed by atoms with Crippen molar-refractivity contribution in [2.24, 2.45) is 11.8 Å². The Labute approximate surface area is 179 Å². The molecule has 0 unspecified atom stereocenters. The van der Waals surface area contributed by atoms with Gasteiger partial charge in [0.15, 0.2) is 11.5 Å². The lowest BCUT2D eigenvalue weighted by Gasteiger charge is -2.32. The third-order valence-electron chi connectivity index (χ3n) is 5.34. The SMILES string of the molecule is COc1cc(NC(=O)N2CCC(CC(=O)NCCC(C)C)CC2)cc(OC)c1OC. The van der Waals surface area contributed by atoms with Crippen LogP contribution < -0.4 is 24.8 Å². The van der Waals surface area contributed by atoms with Crippen molar-refractivity contribution in [1.29, 1.82) is 0 Å². The average molecular weight is 422 g/mol. The van der Waals surface area contributed by atoms with Crippen LogP contribution in [0.5, 0.6) is 17.2 Å². The lowest BCUT2D eigenvalue weighted by Crippen LogP contribution is -2.42. The van der Waals surface area contributed by atoms with E-state index >= 15 is 0 Å². The van der Waals surface area contributed by atoms with Crippen molar-refractivity contribution in [2.45, 2.75) is 39.5 Å². The number of nitrogens with one attached hydrogen (secondary N) is 2. The standard InChI is InChI=1S/C22H35N3O5/c1-15(2)6-9-23-20(26)12-16-7-10-25(11-8-16)22(27)24-17-13-18(28-3)21(30-5)19(14-17)29-4/h13-16H,6-12H2,1-5H3,(H,23,26)(H,24,27). The third kappa shape index (κ3) is 6.71. The first-order valence-electron chi connectivity index (χ1n) is 10.5. The van der Waals surface area contributed by atoms with Crippen LogP contribution in [0.1, 0.15) is 39.5 Å². The summed E-state index contributed by atoms with van der Waals surface area (Å²) in [5.74, 6) is 2.44. The minimum Gasteiger partial charge on any atom is -0.493 e. The Bertz CT molecular complexity index is 690. The molecule has 0 bridgehead atoms. The molecule has 30 heavy (non-hydrogen) atoms. The molecule has 0 aromatic heterocycles. The Balaban J connectivity index is 1.85. The van der Waals surface area contributed by atoms with Crippen molar-refractivity contribution in [1.82, 2.24) is 10.2 Å². The number of hydrogen-bond acceptors (Lipinski definition) is 5. The third-order valence-corrected chi connectivity index (χ3v) is 5.34. The van der Waals surface area contributed by atoms with E-state index in [9.17, 15) is 9.59 Å². The van der Waals surface area contributed by atoms with Crippen LogP contribution in [-0.4, -0.2) is 57.8 Å². The number of urea groups is 1. The van der Waals surface area contributed by atoms with E-state index in [2.05, 4.69) is 24.5 Å². The summed E-state index contributed by atoms with van der Waals surface area (Å²) in [4.78, 5) is 26.5. The smallest absolute Gasteiger partial charge is 0.321 e. The van der Waals surface area contributed by atoms with Crippen LogP contribution in [0, 0.1) is 11.8 Å². The van der Waals surface area contributed by atoms with Crippen LogP contribution in [0.2, 0.25) is 0 Å². The molecule has 1 heterocycles. The normalized spacial score (nSPS) is 14.4. The van der Waals surface area contributed by atoms with Gasteiger partial charge in [0.05, 0.1) is 27.0 Å². The second kappa shape index (κ2) is 11.5. The number of piperidine rings is 1. The molecule has 1 saturated heterocycles. The monoisotopic (exact) mass is 421 g/mol. The summed E-state index contributed by atoms with van der Waals surface area (Å²) in [6.45, 7) is 6.27. The van der Waals surface area contributed by atoms with E-state index in [1.54, 1.807) is 17.0 Å². The summed E-state index contributed by atoms with van der Waals surface area (Å²) < 4.78 is 16.0. The number of carbonyl (C=O) groups excluding carboxylic acids is 2. The van der Waals surface area contributed by atoms with Gasteiger partial charge in [-0.05, 0) is 31.1 Å². The largest absolute Gasteiger partial charge is 0.493 e. The van der Waals surface area contributed by atoms with Crippen molar-refractivity contribution < 1.29 is 23.8 Å². The number of hydrogen-bond donors (Lipinski definition) is 2. The molecule has 1 aliphatic rings. The number of amides is 3. The zero-order chi connectivity index (χ0) is 22.1. The van der Waals surface area contributed by atoms with Gasteiger partial charge in [0, 0.05) is 38.2 Å². The van der Waals surface area contributed by atoms with Crippen molar-refractivity contribution in [3.05, 3.63) is 12.1 Å². The quantitative estimate of drug-likeness (QED) is 0.637. The number of benzene rings is 1.